The van der Waals surface area contributed by atoms with Crippen molar-refractivity contribution in [1.82, 2.24) is 15.5 Å². The summed E-state index contributed by atoms with van der Waals surface area (Å²) in [5.74, 6) is 0.825. The van der Waals surface area contributed by atoms with E-state index in [-0.39, 0.29) is 24.0 Å². The van der Waals surface area contributed by atoms with Gasteiger partial charge in [-0.25, -0.2) is 0 Å². The van der Waals surface area contributed by atoms with Crippen molar-refractivity contribution in [2.45, 2.75) is 25.0 Å². The molecule has 0 aromatic carbocycles. The van der Waals surface area contributed by atoms with Gasteiger partial charge < -0.3 is 20.6 Å². The van der Waals surface area contributed by atoms with Crippen molar-refractivity contribution in [2.24, 2.45) is 4.99 Å². The molecular weight excluding hydrogens is 319 g/mol. The first kappa shape index (κ1) is 14.0. The number of likely N-dealkylation sites (tertiary alicyclic amines) is 1. The van der Waals surface area contributed by atoms with Crippen LogP contribution in [0.15, 0.2) is 4.99 Å². The van der Waals surface area contributed by atoms with Gasteiger partial charge in [0.05, 0.1) is 12.1 Å². The van der Waals surface area contributed by atoms with Crippen molar-refractivity contribution < 1.29 is 5.11 Å². The van der Waals surface area contributed by atoms with Crippen LogP contribution in [0.3, 0.4) is 0 Å². The van der Waals surface area contributed by atoms with E-state index in [0.29, 0.717) is 12.6 Å². The summed E-state index contributed by atoms with van der Waals surface area (Å²) in [6.45, 7) is 5.20. The van der Waals surface area contributed by atoms with Gasteiger partial charge in [0, 0.05) is 25.7 Å². The Labute approximate surface area is 114 Å². The van der Waals surface area contributed by atoms with E-state index in [1.54, 1.807) is 0 Å². The highest BCUT2D eigenvalue weighted by molar-refractivity contribution is 14.0. The lowest BCUT2D eigenvalue weighted by atomic mass is 10.0. The van der Waals surface area contributed by atoms with E-state index < -0.39 is 5.60 Å². The van der Waals surface area contributed by atoms with Crippen LogP contribution in [0.5, 0.6) is 0 Å². The van der Waals surface area contributed by atoms with E-state index in [9.17, 15) is 5.11 Å². The third-order valence-electron chi connectivity index (χ3n) is 3.01. The van der Waals surface area contributed by atoms with Crippen molar-refractivity contribution in [3.8, 4) is 0 Å². The molecule has 0 saturated carbocycles. The Morgan fingerprint density at radius 1 is 1.69 bits per heavy atom. The number of likely N-dealkylation sites (N-methyl/N-ethyl adjacent to an activating group) is 1. The quantitative estimate of drug-likeness (QED) is 0.600. The number of aliphatic hydroxyl groups is 1. The predicted molar refractivity (Wildman–Crippen MR) is 75.4 cm³/mol. The second kappa shape index (κ2) is 5.50. The predicted octanol–water partition coefficient (Wildman–Crippen LogP) is -0.392. The lowest BCUT2D eigenvalue weighted by Crippen LogP contribution is -2.48. The minimum Gasteiger partial charge on any atom is -0.387 e. The van der Waals surface area contributed by atoms with Crippen LogP contribution in [0.2, 0.25) is 0 Å². The number of rotatable bonds is 2. The van der Waals surface area contributed by atoms with Crippen molar-refractivity contribution in [3.63, 3.8) is 0 Å². The molecule has 3 N–H and O–H groups in total. The molecule has 0 amide bonds. The molecule has 2 atom stereocenters. The highest BCUT2D eigenvalue weighted by atomic mass is 127. The summed E-state index contributed by atoms with van der Waals surface area (Å²) in [4.78, 5) is 6.44. The molecule has 0 aromatic heterocycles. The zero-order chi connectivity index (χ0) is 10.9. The van der Waals surface area contributed by atoms with Crippen molar-refractivity contribution >= 4 is 29.9 Å². The maximum Gasteiger partial charge on any atom is 0.191 e. The number of aliphatic imine (C=N–C) groups is 1. The number of nitrogens with one attached hydrogen (secondary N) is 2. The van der Waals surface area contributed by atoms with Crippen LogP contribution < -0.4 is 10.6 Å². The van der Waals surface area contributed by atoms with Crippen LogP contribution in [0.25, 0.3) is 0 Å². The third kappa shape index (κ3) is 3.46. The number of guanidine groups is 1. The van der Waals surface area contributed by atoms with Gasteiger partial charge in [-0.15, -0.1) is 24.0 Å². The maximum atomic E-state index is 10.2. The molecule has 1 saturated heterocycles. The summed E-state index contributed by atoms with van der Waals surface area (Å²) in [5.41, 5.74) is -0.592. The number of hydrogen-bond acceptors (Lipinski definition) is 5. The Balaban J connectivity index is 0.00000128. The average molecular weight is 340 g/mol. The van der Waals surface area contributed by atoms with Gasteiger partial charge in [-0.3, -0.25) is 4.99 Å². The fraction of sp³-hybridized carbons (Fsp3) is 0.900. The molecular formula is C10H21IN4O. The van der Waals surface area contributed by atoms with Gasteiger partial charge in [-0.2, -0.15) is 0 Å². The van der Waals surface area contributed by atoms with Crippen LogP contribution in [0.1, 0.15) is 13.3 Å². The molecule has 0 aromatic rings. The van der Waals surface area contributed by atoms with Crippen molar-refractivity contribution in [1.29, 1.82) is 0 Å². The van der Waals surface area contributed by atoms with Gasteiger partial charge in [-0.05, 0) is 20.4 Å². The first-order valence-electron chi connectivity index (χ1n) is 5.53. The van der Waals surface area contributed by atoms with Crippen molar-refractivity contribution in [2.75, 3.05) is 33.2 Å². The molecule has 0 radical (unpaired) electrons. The van der Waals surface area contributed by atoms with Crippen LogP contribution in [0, 0.1) is 0 Å². The molecule has 5 nitrogen and oxygen atoms in total. The Morgan fingerprint density at radius 3 is 2.94 bits per heavy atom. The standard InChI is InChI=1S/C10H20N4O.HI/c1-8-5-11-9(13-8)12-6-10(15)3-4-14(2)7-10;/h8,15H,3-7H2,1-2H3,(H2,11,12,13);1H. The summed E-state index contributed by atoms with van der Waals surface area (Å²) in [7, 11) is 2.03. The first-order chi connectivity index (χ1) is 7.07. The Kier molecular flexibility index (Phi) is 4.81. The summed E-state index contributed by atoms with van der Waals surface area (Å²) in [6, 6.07) is 0.411. The molecule has 2 aliphatic heterocycles. The zero-order valence-electron chi connectivity index (χ0n) is 9.86. The minimum absolute atomic E-state index is 0. The fourth-order valence-corrected chi connectivity index (χ4v) is 2.11. The minimum atomic E-state index is -0.592. The molecule has 0 bridgehead atoms. The lowest BCUT2D eigenvalue weighted by Gasteiger charge is -2.23. The van der Waals surface area contributed by atoms with Gasteiger partial charge in [-0.1, -0.05) is 0 Å². The lowest BCUT2D eigenvalue weighted by molar-refractivity contribution is 0.0562. The monoisotopic (exact) mass is 340 g/mol. The molecule has 2 rings (SSSR count). The molecule has 2 heterocycles. The molecule has 94 valence electrons. The van der Waals surface area contributed by atoms with Gasteiger partial charge in [0.15, 0.2) is 5.96 Å². The molecule has 0 spiro atoms. The molecule has 2 aliphatic rings. The second-order valence-corrected chi connectivity index (χ2v) is 4.80. The third-order valence-corrected chi connectivity index (χ3v) is 3.01. The maximum absolute atomic E-state index is 10.2. The Hall–Kier alpha value is -0.0800. The van der Waals surface area contributed by atoms with E-state index in [1.807, 2.05) is 7.05 Å². The molecule has 1 fully saturated rings. The second-order valence-electron chi connectivity index (χ2n) is 4.80. The first-order valence-corrected chi connectivity index (χ1v) is 5.53. The summed E-state index contributed by atoms with van der Waals surface area (Å²) in [5, 5.41) is 16.6. The van der Waals surface area contributed by atoms with Gasteiger partial charge in [0.25, 0.3) is 0 Å². The summed E-state index contributed by atoms with van der Waals surface area (Å²) >= 11 is 0. The zero-order valence-corrected chi connectivity index (χ0v) is 12.2. The molecule has 16 heavy (non-hydrogen) atoms. The largest absolute Gasteiger partial charge is 0.387 e. The van der Waals surface area contributed by atoms with Crippen molar-refractivity contribution in [3.05, 3.63) is 0 Å². The molecule has 0 aliphatic carbocycles. The smallest absolute Gasteiger partial charge is 0.191 e. The topological polar surface area (TPSA) is 59.9 Å². The van der Waals surface area contributed by atoms with E-state index in [0.717, 1.165) is 32.0 Å². The van der Waals surface area contributed by atoms with E-state index in [2.05, 4.69) is 27.4 Å². The number of halogens is 1. The van der Waals surface area contributed by atoms with E-state index in [4.69, 9.17) is 0 Å². The average Bonchev–Trinajstić information content (AvgIpc) is 2.71. The Morgan fingerprint density at radius 2 is 2.44 bits per heavy atom. The van der Waals surface area contributed by atoms with Crippen LogP contribution in [-0.4, -0.2) is 60.8 Å². The molecule has 2 unspecified atom stereocenters. The van der Waals surface area contributed by atoms with Gasteiger partial charge >= 0.3 is 0 Å². The highest BCUT2D eigenvalue weighted by Crippen LogP contribution is 2.18. The number of β-amino-alcohol motifs (C(OH)–C–C–N with tert-alkyl or cyclic N) is 1. The highest BCUT2D eigenvalue weighted by Gasteiger charge is 2.34. The fourth-order valence-electron chi connectivity index (χ4n) is 2.11. The van der Waals surface area contributed by atoms with E-state index in [1.165, 1.54) is 0 Å². The normalized spacial score (nSPS) is 34.2. The van der Waals surface area contributed by atoms with Crippen LogP contribution >= 0.6 is 24.0 Å². The number of nitrogens with zero attached hydrogens (tertiary/aromatic N) is 2. The SMILES string of the molecule is CC1CN=C(NCC2(O)CCN(C)C2)N1.I. The van der Waals surface area contributed by atoms with Crippen LogP contribution in [-0.2, 0) is 0 Å². The summed E-state index contributed by atoms with van der Waals surface area (Å²) < 4.78 is 0. The molecule has 6 heteroatoms. The van der Waals surface area contributed by atoms with Gasteiger partial charge in [0.1, 0.15) is 0 Å². The van der Waals surface area contributed by atoms with Gasteiger partial charge in [0.2, 0.25) is 0 Å². The Bertz CT molecular complexity index is 274. The van der Waals surface area contributed by atoms with Crippen LogP contribution in [0.4, 0.5) is 0 Å². The summed E-state index contributed by atoms with van der Waals surface area (Å²) in [6.07, 6.45) is 0.833. The van der Waals surface area contributed by atoms with E-state index >= 15 is 0 Å². The number of hydrogen-bond donors (Lipinski definition) is 3.